The molecule has 1 N–H and O–H groups in total. The summed E-state index contributed by atoms with van der Waals surface area (Å²) in [6.45, 7) is 2.17. The van der Waals surface area contributed by atoms with Crippen LogP contribution >= 0.6 is 11.8 Å². The highest BCUT2D eigenvalue weighted by atomic mass is 32.2. The Balaban J connectivity index is 2.06. The van der Waals surface area contributed by atoms with Crippen molar-refractivity contribution in [2.24, 2.45) is 0 Å². The third-order valence-electron chi connectivity index (χ3n) is 3.88. The summed E-state index contributed by atoms with van der Waals surface area (Å²) in [6, 6.07) is 17.5. The van der Waals surface area contributed by atoms with Gasteiger partial charge in [-0.25, -0.2) is 0 Å². The number of carboxylic acid groups (broad SMARTS) is 1. The minimum Gasteiger partial charge on any atom is -0.496 e. The third kappa shape index (κ3) is 3.88. The van der Waals surface area contributed by atoms with Gasteiger partial charge in [-0.3, -0.25) is 9.36 Å². The number of methoxy groups -OCH3 is 1. The molecule has 0 aliphatic heterocycles. The van der Waals surface area contributed by atoms with E-state index in [1.807, 2.05) is 59.2 Å². The van der Waals surface area contributed by atoms with E-state index in [9.17, 15) is 9.90 Å². The van der Waals surface area contributed by atoms with Crippen molar-refractivity contribution in [2.45, 2.75) is 23.9 Å². The molecule has 0 spiro atoms. The maximum absolute atomic E-state index is 11.3. The normalized spacial score (nSPS) is 11.9. The van der Waals surface area contributed by atoms with Crippen molar-refractivity contribution in [3.05, 3.63) is 60.2 Å². The topological polar surface area (TPSA) is 77.2 Å². The van der Waals surface area contributed by atoms with Crippen LogP contribution in [0.5, 0.6) is 5.75 Å². The quantitative estimate of drug-likeness (QED) is 0.642. The molecule has 3 rings (SSSR count). The zero-order valence-electron chi connectivity index (χ0n) is 14.5. The SMILES string of the molecule is COc1ccccc1-c1nnc(S[C@@H](C)C(=O)O)n1Cc1ccccc1. The van der Waals surface area contributed by atoms with Gasteiger partial charge in [-0.15, -0.1) is 10.2 Å². The van der Waals surface area contributed by atoms with Crippen LogP contribution in [0.15, 0.2) is 59.8 Å². The summed E-state index contributed by atoms with van der Waals surface area (Å²) >= 11 is 1.18. The molecule has 134 valence electrons. The third-order valence-corrected chi connectivity index (χ3v) is 4.95. The first-order valence-corrected chi connectivity index (χ1v) is 8.98. The number of thioether (sulfide) groups is 1. The van der Waals surface area contributed by atoms with Crippen molar-refractivity contribution in [3.63, 3.8) is 0 Å². The summed E-state index contributed by atoms with van der Waals surface area (Å²) in [4.78, 5) is 11.3. The zero-order valence-corrected chi connectivity index (χ0v) is 15.3. The molecule has 0 saturated heterocycles. The van der Waals surface area contributed by atoms with Crippen molar-refractivity contribution in [3.8, 4) is 17.1 Å². The molecular weight excluding hydrogens is 350 g/mol. The van der Waals surface area contributed by atoms with E-state index in [1.54, 1.807) is 14.0 Å². The van der Waals surface area contributed by atoms with Gasteiger partial charge in [-0.1, -0.05) is 54.2 Å². The Morgan fingerprint density at radius 3 is 2.54 bits per heavy atom. The van der Waals surface area contributed by atoms with Crippen molar-refractivity contribution >= 4 is 17.7 Å². The van der Waals surface area contributed by atoms with Gasteiger partial charge in [0.2, 0.25) is 0 Å². The Labute approximate surface area is 155 Å². The number of benzene rings is 2. The molecule has 2 aromatic carbocycles. The average Bonchev–Trinajstić information content (AvgIpc) is 3.04. The molecule has 0 aliphatic rings. The first-order chi connectivity index (χ1) is 12.6. The van der Waals surface area contributed by atoms with E-state index in [0.717, 1.165) is 11.1 Å². The molecule has 0 radical (unpaired) electrons. The van der Waals surface area contributed by atoms with Crippen molar-refractivity contribution in [1.29, 1.82) is 0 Å². The Morgan fingerprint density at radius 1 is 1.15 bits per heavy atom. The lowest BCUT2D eigenvalue weighted by Gasteiger charge is -2.13. The summed E-state index contributed by atoms with van der Waals surface area (Å²) in [5.74, 6) is 0.450. The smallest absolute Gasteiger partial charge is 0.316 e. The number of rotatable bonds is 7. The van der Waals surface area contributed by atoms with Crippen LogP contribution in [-0.4, -0.2) is 38.2 Å². The molecule has 0 aliphatic carbocycles. The van der Waals surface area contributed by atoms with Crippen molar-refractivity contribution < 1.29 is 14.6 Å². The lowest BCUT2D eigenvalue weighted by Crippen LogP contribution is -2.13. The van der Waals surface area contributed by atoms with Gasteiger partial charge in [0.15, 0.2) is 11.0 Å². The summed E-state index contributed by atoms with van der Waals surface area (Å²) in [6.07, 6.45) is 0. The van der Waals surface area contributed by atoms with E-state index in [2.05, 4.69) is 10.2 Å². The average molecular weight is 369 g/mol. The molecule has 26 heavy (non-hydrogen) atoms. The van der Waals surface area contributed by atoms with E-state index in [-0.39, 0.29) is 0 Å². The highest BCUT2D eigenvalue weighted by Crippen LogP contribution is 2.32. The maximum Gasteiger partial charge on any atom is 0.316 e. The Morgan fingerprint density at radius 2 is 1.85 bits per heavy atom. The Kier molecular flexibility index (Phi) is 5.58. The van der Waals surface area contributed by atoms with Crippen molar-refractivity contribution in [1.82, 2.24) is 14.8 Å². The fourth-order valence-electron chi connectivity index (χ4n) is 2.52. The predicted octanol–water partition coefficient (Wildman–Crippen LogP) is 3.57. The molecule has 0 bridgehead atoms. The highest BCUT2D eigenvalue weighted by Gasteiger charge is 2.21. The molecule has 0 saturated carbocycles. The summed E-state index contributed by atoms with van der Waals surface area (Å²) in [5, 5.41) is 17.7. The van der Waals surface area contributed by atoms with Crippen LogP contribution in [0, 0.1) is 0 Å². The molecule has 0 fully saturated rings. The van der Waals surface area contributed by atoms with E-state index in [1.165, 1.54) is 11.8 Å². The molecule has 0 amide bonds. The number of carbonyl (C=O) groups is 1. The van der Waals surface area contributed by atoms with Gasteiger partial charge in [0.1, 0.15) is 11.0 Å². The minimum atomic E-state index is -0.886. The Hall–Kier alpha value is -2.80. The number of aromatic nitrogens is 3. The predicted molar refractivity (Wildman–Crippen MR) is 101 cm³/mol. The number of hydrogen-bond acceptors (Lipinski definition) is 5. The fourth-order valence-corrected chi connectivity index (χ4v) is 3.30. The first kappa shape index (κ1) is 18.0. The second-order valence-electron chi connectivity index (χ2n) is 5.68. The number of para-hydroxylation sites is 1. The maximum atomic E-state index is 11.3. The number of ether oxygens (including phenoxy) is 1. The first-order valence-electron chi connectivity index (χ1n) is 8.10. The van der Waals surface area contributed by atoms with Crippen LogP contribution in [0.4, 0.5) is 0 Å². The molecule has 3 aromatic rings. The summed E-state index contributed by atoms with van der Waals surface area (Å²) < 4.78 is 7.38. The second kappa shape index (κ2) is 8.05. The molecule has 1 atom stereocenters. The van der Waals surface area contributed by atoms with Gasteiger partial charge in [0, 0.05) is 0 Å². The molecule has 7 heteroatoms. The molecule has 1 aromatic heterocycles. The number of aliphatic carboxylic acids is 1. The van der Waals surface area contributed by atoms with E-state index >= 15 is 0 Å². The van der Waals surface area contributed by atoms with Crippen LogP contribution in [0.2, 0.25) is 0 Å². The number of carboxylic acids is 1. The second-order valence-corrected chi connectivity index (χ2v) is 6.98. The van der Waals surface area contributed by atoms with Crippen LogP contribution in [0.25, 0.3) is 11.4 Å². The lowest BCUT2D eigenvalue weighted by molar-refractivity contribution is -0.136. The van der Waals surface area contributed by atoms with Gasteiger partial charge in [-0.05, 0) is 24.6 Å². The largest absolute Gasteiger partial charge is 0.496 e. The van der Waals surface area contributed by atoms with Crippen LogP contribution in [0.1, 0.15) is 12.5 Å². The minimum absolute atomic E-state index is 0.538. The van der Waals surface area contributed by atoms with E-state index < -0.39 is 11.2 Å². The fraction of sp³-hybridized carbons (Fsp3) is 0.211. The van der Waals surface area contributed by atoms with Crippen LogP contribution < -0.4 is 4.74 Å². The van der Waals surface area contributed by atoms with Crippen molar-refractivity contribution in [2.75, 3.05) is 7.11 Å². The zero-order chi connectivity index (χ0) is 18.5. The lowest BCUT2D eigenvalue weighted by atomic mass is 10.1. The van der Waals surface area contributed by atoms with Gasteiger partial charge >= 0.3 is 5.97 Å². The standard InChI is InChI=1S/C19H19N3O3S/c1-13(18(23)24)26-19-21-20-17(15-10-6-7-11-16(15)25-2)22(19)12-14-8-4-3-5-9-14/h3-11,13H,12H2,1-2H3,(H,23,24)/t13-/m0/s1. The van der Waals surface area contributed by atoms with E-state index in [4.69, 9.17) is 4.74 Å². The van der Waals surface area contributed by atoms with Crippen LogP contribution in [-0.2, 0) is 11.3 Å². The summed E-state index contributed by atoms with van der Waals surface area (Å²) in [5.41, 5.74) is 1.89. The van der Waals surface area contributed by atoms with Crippen LogP contribution in [0.3, 0.4) is 0 Å². The molecule has 1 heterocycles. The monoisotopic (exact) mass is 369 g/mol. The Bertz CT molecular complexity index is 896. The number of hydrogen-bond donors (Lipinski definition) is 1. The van der Waals surface area contributed by atoms with Gasteiger partial charge in [-0.2, -0.15) is 0 Å². The summed E-state index contributed by atoms with van der Waals surface area (Å²) in [7, 11) is 1.61. The molecular formula is C19H19N3O3S. The van der Waals surface area contributed by atoms with Gasteiger partial charge in [0.25, 0.3) is 0 Å². The highest BCUT2D eigenvalue weighted by molar-refractivity contribution is 8.00. The number of nitrogens with zero attached hydrogens (tertiary/aromatic N) is 3. The van der Waals surface area contributed by atoms with Gasteiger partial charge < -0.3 is 9.84 Å². The molecule has 6 nitrogen and oxygen atoms in total. The molecule has 0 unspecified atom stereocenters. The van der Waals surface area contributed by atoms with Gasteiger partial charge in [0.05, 0.1) is 19.2 Å². The van der Waals surface area contributed by atoms with E-state index in [0.29, 0.717) is 23.3 Å².